The molecule has 114 valence electrons. The van der Waals surface area contributed by atoms with Crippen molar-refractivity contribution in [1.29, 1.82) is 0 Å². The molecule has 3 rings (SSSR count). The third-order valence-electron chi connectivity index (χ3n) is 4.61. The number of hydrogen-bond acceptors (Lipinski definition) is 2. The van der Waals surface area contributed by atoms with Crippen LogP contribution in [0.3, 0.4) is 0 Å². The van der Waals surface area contributed by atoms with Crippen LogP contribution in [0.5, 0.6) is 5.75 Å². The van der Waals surface area contributed by atoms with Gasteiger partial charge in [-0.15, -0.1) is 0 Å². The number of hydrogen-bond donors (Lipinski definition) is 0. The molecule has 21 heavy (non-hydrogen) atoms. The summed E-state index contributed by atoms with van der Waals surface area (Å²) in [5, 5.41) is 1.81. The first-order valence-corrected chi connectivity index (χ1v) is 9.54. The Hall–Kier alpha value is -0.960. The van der Waals surface area contributed by atoms with Gasteiger partial charge in [-0.25, -0.2) is 0 Å². The zero-order valence-corrected chi connectivity index (χ0v) is 13.8. The highest BCUT2D eigenvalue weighted by molar-refractivity contribution is 7.98. The van der Waals surface area contributed by atoms with Crippen molar-refractivity contribution >= 4 is 16.9 Å². The Morgan fingerprint density at radius 1 is 1.05 bits per heavy atom. The molecule has 2 bridgehead atoms. The molecule has 0 N–H and O–H groups in total. The van der Waals surface area contributed by atoms with Crippen molar-refractivity contribution in [3.05, 3.63) is 24.3 Å². The van der Waals surface area contributed by atoms with E-state index in [1.54, 1.807) is 0 Å². The fourth-order valence-electron chi connectivity index (χ4n) is 3.50. The molecule has 0 amide bonds. The first kappa shape index (κ1) is 15.0. The number of rotatable bonds is 3. The minimum absolute atomic E-state index is 0.0794. The number of fused-ring (bicyclic) bond motifs is 2. The van der Waals surface area contributed by atoms with Gasteiger partial charge in [0.15, 0.2) is 4.90 Å². The maximum atomic E-state index is 11.6. The van der Waals surface area contributed by atoms with Gasteiger partial charge >= 0.3 is 5.97 Å². The smallest absolute Gasteiger partial charge is 0.313 e. The summed E-state index contributed by atoms with van der Waals surface area (Å²) in [5.74, 6) is 0.451. The van der Waals surface area contributed by atoms with Gasteiger partial charge in [-0.3, -0.25) is 4.79 Å². The highest BCUT2D eigenvalue weighted by Crippen LogP contribution is 2.42. The molecule has 0 atom stereocenters. The number of carbonyl (C=O) groups is 1. The molecule has 2 fully saturated rings. The summed E-state index contributed by atoms with van der Waals surface area (Å²) in [6.07, 6.45) is 8.46. The second kappa shape index (κ2) is 6.43. The minimum Gasteiger partial charge on any atom is -0.426 e. The average Bonchev–Trinajstić information content (AvgIpc) is 2.47. The van der Waals surface area contributed by atoms with Crippen molar-refractivity contribution in [3.63, 3.8) is 0 Å². The van der Waals surface area contributed by atoms with Crippen LogP contribution in [0, 0.1) is 5.92 Å². The maximum absolute atomic E-state index is 11.6. The van der Waals surface area contributed by atoms with E-state index in [0.29, 0.717) is 16.6 Å². The van der Waals surface area contributed by atoms with Crippen molar-refractivity contribution < 1.29 is 9.53 Å². The van der Waals surface area contributed by atoms with Crippen molar-refractivity contribution in [2.24, 2.45) is 5.92 Å². The molecular weight excluding hydrogens is 280 g/mol. The Kier molecular flexibility index (Phi) is 4.58. The lowest BCUT2D eigenvalue weighted by molar-refractivity contribution is -0.137. The quantitative estimate of drug-likeness (QED) is 0.472. The predicted molar refractivity (Wildman–Crippen MR) is 87.8 cm³/mol. The molecule has 0 unspecified atom stereocenters. The van der Waals surface area contributed by atoms with E-state index in [2.05, 4.69) is 12.1 Å². The molecular formula is C18H25O2S+. The minimum atomic E-state index is -0.153. The van der Waals surface area contributed by atoms with Gasteiger partial charge in [-0.2, -0.15) is 0 Å². The van der Waals surface area contributed by atoms with Crippen LogP contribution in [-0.2, 0) is 15.7 Å². The van der Waals surface area contributed by atoms with Crippen molar-refractivity contribution in [2.45, 2.75) is 67.8 Å². The fourth-order valence-corrected chi connectivity index (χ4v) is 6.95. The zero-order valence-electron chi connectivity index (χ0n) is 13.0. The monoisotopic (exact) mass is 305 g/mol. The topological polar surface area (TPSA) is 26.3 Å². The van der Waals surface area contributed by atoms with Crippen LogP contribution >= 0.6 is 0 Å². The SMILES string of the molecule is CC(C)C(=O)Oc1ccc([S+]2C3CCCC2CCC3)cc1. The van der Waals surface area contributed by atoms with E-state index < -0.39 is 0 Å². The van der Waals surface area contributed by atoms with E-state index in [-0.39, 0.29) is 11.9 Å². The normalized spacial score (nSPS) is 28.4. The summed E-state index contributed by atoms with van der Waals surface area (Å²) in [4.78, 5) is 13.1. The maximum Gasteiger partial charge on any atom is 0.313 e. The number of ether oxygens (including phenoxy) is 1. The predicted octanol–water partition coefficient (Wildman–Crippen LogP) is 4.33. The summed E-state index contributed by atoms with van der Waals surface area (Å²) in [6, 6.07) is 8.35. The molecule has 0 spiro atoms. The van der Waals surface area contributed by atoms with E-state index in [9.17, 15) is 4.79 Å². The lowest BCUT2D eigenvalue weighted by Crippen LogP contribution is -2.40. The molecule has 2 aliphatic rings. The van der Waals surface area contributed by atoms with E-state index >= 15 is 0 Å². The summed E-state index contributed by atoms with van der Waals surface area (Å²) >= 11 is 0. The first-order valence-electron chi connectivity index (χ1n) is 8.19. The number of benzene rings is 1. The van der Waals surface area contributed by atoms with Crippen LogP contribution in [0.15, 0.2) is 29.2 Å². The number of carbonyl (C=O) groups excluding carboxylic acids is 1. The van der Waals surface area contributed by atoms with E-state index in [4.69, 9.17) is 4.74 Å². The highest BCUT2D eigenvalue weighted by atomic mass is 32.2. The molecule has 1 aromatic carbocycles. The van der Waals surface area contributed by atoms with Gasteiger partial charge in [0.1, 0.15) is 16.2 Å². The van der Waals surface area contributed by atoms with Crippen LogP contribution in [0.25, 0.3) is 0 Å². The summed E-state index contributed by atoms with van der Waals surface area (Å²) in [5.41, 5.74) is 0. The lowest BCUT2D eigenvalue weighted by Gasteiger charge is -2.34. The molecule has 2 saturated heterocycles. The Labute approximate surface area is 130 Å². The van der Waals surface area contributed by atoms with Gasteiger partial charge in [-0.05, 0) is 62.8 Å². The van der Waals surface area contributed by atoms with Gasteiger partial charge in [0.2, 0.25) is 0 Å². The summed E-state index contributed by atoms with van der Waals surface area (Å²) in [7, 11) is 0.426. The van der Waals surface area contributed by atoms with Gasteiger partial charge in [0.25, 0.3) is 0 Å². The molecule has 3 heteroatoms. The third-order valence-corrected chi connectivity index (χ3v) is 7.80. The van der Waals surface area contributed by atoms with Gasteiger partial charge in [-0.1, -0.05) is 13.8 Å². The van der Waals surface area contributed by atoms with Crippen molar-refractivity contribution in [1.82, 2.24) is 0 Å². The molecule has 2 heterocycles. The second-order valence-corrected chi connectivity index (χ2v) is 9.07. The van der Waals surface area contributed by atoms with Gasteiger partial charge < -0.3 is 4.74 Å². The standard InChI is InChI=1S/C18H25O2S/c1-13(2)18(19)20-14-9-11-17(12-10-14)21-15-5-3-6-16(21)8-4-7-15/h9-13,15-16H,3-8H2,1-2H3/q+1. The van der Waals surface area contributed by atoms with Crippen LogP contribution in [0.1, 0.15) is 52.4 Å². The molecule has 0 aromatic heterocycles. The Morgan fingerprint density at radius 3 is 2.05 bits per heavy atom. The molecule has 0 saturated carbocycles. The summed E-state index contributed by atoms with van der Waals surface area (Å²) < 4.78 is 5.38. The van der Waals surface area contributed by atoms with E-state index in [0.717, 1.165) is 10.5 Å². The zero-order chi connectivity index (χ0) is 14.8. The molecule has 0 aliphatic carbocycles. The molecule has 2 aliphatic heterocycles. The van der Waals surface area contributed by atoms with Crippen LogP contribution in [0.2, 0.25) is 0 Å². The third kappa shape index (κ3) is 3.28. The molecule has 1 aromatic rings. The van der Waals surface area contributed by atoms with E-state index in [1.807, 2.05) is 26.0 Å². The van der Waals surface area contributed by atoms with E-state index in [1.165, 1.54) is 43.4 Å². The Bertz CT molecular complexity index is 472. The molecule has 2 nitrogen and oxygen atoms in total. The lowest BCUT2D eigenvalue weighted by atomic mass is 9.99. The van der Waals surface area contributed by atoms with Crippen molar-refractivity contribution in [2.75, 3.05) is 0 Å². The van der Waals surface area contributed by atoms with Crippen LogP contribution < -0.4 is 4.74 Å². The fraction of sp³-hybridized carbons (Fsp3) is 0.611. The van der Waals surface area contributed by atoms with Crippen LogP contribution in [-0.4, -0.2) is 16.5 Å². The average molecular weight is 305 g/mol. The van der Waals surface area contributed by atoms with Gasteiger partial charge in [0.05, 0.1) is 5.92 Å². The molecule has 0 radical (unpaired) electrons. The largest absolute Gasteiger partial charge is 0.426 e. The van der Waals surface area contributed by atoms with Gasteiger partial charge in [0, 0.05) is 10.9 Å². The van der Waals surface area contributed by atoms with Crippen molar-refractivity contribution in [3.8, 4) is 5.75 Å². The van der Waals surface area contributed by atoms with Crippen LogP contribution in [0.4, 0.5) is 0 Å². The summed E-state index contributed by atoms with van der Waals surface area (Å²) in [6.45, 7) is 3.72. The Balaban J connectivity index is 1.73. The first-order chi connectivity index (χ1) is 10.1. The Morgan fingerprint density at radius 2 is 1.57 bits per heavy atom. The highest BCUT2D eigenvalue weighted by Gasteiger charge is 2.45. The number of esters is 1. The second-order valence-electron chi connectivity index (χ2n) is 6.52.